The van der Waals surface area contributed by atoms with E-state index < -0.39 is 0 Å². The second-order valence-corrected chi connectivity index (χ2v) is 9.42. The van der Waals surface area contributed by atoms with Gasteiger partial charge in [-0.2, -0.15) is 0 Å². The molecule has 1 aliphatic rings. The molecule has 0 aliphatic carbocycles. The molecule has 3 aromatic rings. The summed E-state index contributed by atoms with van der Waals surface area (Å²) in [6.45, 7) is 7.02. The number of carbonyl (C=O) groups excluding carboxylic acids is 1. The number of piperazine rings is 1. The van der Waals surface area contributed by atoms with Gasteiger partial charge in [0.2, 0.25) is 5.91 Å². The number of hydrogen-bond donors (Lipinski definition) is 1. The average Bonchev–Trinajstić information content (AvgIpc) is 2.91. The highest BCUT2D eigenvalue weighted by molar-refractivity contribution is 5.78. The second kappa shape index (κ2) is 12.5. The lowest BCUT2D eigenvalue weighted by Gasteiger charge is -2.40. The number of para-hydroxylation sites is 1. The standard InChI is InChI=1S/C30H38N4O2/c1-4-36-28-16-10-24(11-17-28)22-30(35)31-23-29(25-12-14-26(15-13-25)32(2)3)34-20-18-33(19-21-34)27-8-6-5-7-9-27/h5-17,29H,4,18-23H2,1-3H3,(H,31,35). The highest BCUT2D eigenvalue weighted by Crippen LogP contribution is 2.26. The minimum atomic E-state index is 0.0389. The third kappa shape index (κ3) is 6.79. The Hall–Kier alpha value is -3.51. The average molecular weight is 487 g/mol. The SMILES string of the molecule is CCOc1ccc(CC(=O)NCC(c2ccc(N(C)C)cc2)N2CCN(c3ccccc3)CC2)cc1. The van der Waals surface area contributed by atoms with Crippen molar-refractivity contribution in [2.45, 2.75) is 19.4 Å². The molecule has 3 aromatic carbocycles. The molecule has 0 bridgehead atoms. The summed E-state index contributed by atoms with van der Waals surface area (Å²) in [5, 5.41) is 3.21. The lowest BCUT2D eigenvalue weighted by Crippen LogP contribution is -2.50. The molecule has 0 saturated carbocycles. The van der Waals surface area contributed by atoms with Crippen LogP contribution >= 0.6 is 0 Å². The number of amides is 1. The van der Waals surface area contributed by atoms with E-state index in [-0.39, 0.29) is 11.9 Å². The molecule has 0 radical (unpaired) electrons. The maximum absolute atomic E-state index is 12.8. The smallest absolute Gasteiger partial charge is 0.224 e. The van der Waals surface area contributed by atoms with Gasteiger partial charge < -0.3 is 19.9 Å². The number of rotatable bonds is 10. The monoisotopic (exact) mass is 486 g/mol. The Morgan fingerprint density at radius 2 is 1.58 bits per heavy atom. The van der Waals surface area contributed by atoms with Gasteiger partial charge in [0.15, 0.2) is 0 Å². The predicted molar refractivity (Wildman–Crippen MR) is 148 cm³/mol. The topological polar surface area (TPSA) is 48.1 Å². The van der Waals surface area contributed by atoms with Crippen LogP contribution in [0.15, 0.2) is 78.9 Å². The van der Waals surface area contributed by atoms with Crippen molar-refractivity contribution >= 4 is 17.3 Å². The molecule has 190 valence electrons. The van der Waals surface area contributed by atoms with Crippen molar-refractivity contribution in [3.63, 3.8) is 0 Å². The van der Waals surface area contributed by atoms with Crippen LogP contribution in [0, 0.1) is 0 Å². The van der Waals surface area contributed by atoms with Gasteiger partial charge >= 0.3 is 0 Å². The van der Waals surface area contributed by atoms with Crippen LogP contribution in [-0.2, 0) is 11.2 Å². The first kappa shape index (κ1) is 25.6. The Balaban J connectivity index is 1.41. The minimum Gasteiger partial charge on any atom is -0.494 e. The molecule has 1 atom stereocenters. The van der Waals surface area contributed by atoms with E-state index in [2.05, 4.69) is 88.7 Å². The molecule has 0 spiro atoms. The van der Waals surface area contributed by atoms with E-state index in [1.54, 1.807) is 0 Å². The molecular formula is C30H38N4O2. The summed E-state index contributed by atoms with van der Waals surface area (Å²) < 4.78 is 5.51. The van der Waals surface area contributed by atoms with Crippen LogP contribution in [0.4, 0.5) is 11.4 Å². The summed E-state index contributed by atoms with van der Waals surface area (Å²) in [6.07, 6.45) is 0.362. The Kier molecular flexibility index (Phi) is 8.85. The molecule has 4 rings (SSSR count). The first-order valence-corrected chi connectivity index (χ1v) is 12.8. The third-order valence-electron chi connectivity index (χ3n) is 6.76. The van der Waals surface area contributed by atoms with Gasteiger partial charge in [-0.1, -0.05) is 42.5 Å². The molecule has 6 nitrogen and oxygen atoms in total. The lowest BCUT2D eigenvalue weighted by molar-refractivity contribution is -0.120. The van der Waals surface area contributed by atoms with Gasteiger partial charge in [-0.3, -0.25) is 9.69 Å². The fraction of sp³-hybridized carbons (Fsp3) is 0.367. The first-order chi connectivity index (χ1) is 17.5. The molecule has 0 aromatic heterocycles. The Morgan fingerprint density at radius 1 is 0.917 bits per heavy atom. The number of benzene rings is 3. The predicted octanol–water partition coefficient (Wildman–Crippen LogP) is 4.37. The van der Waals surface area contributed by atoms with Crippen LogP contribution in [0.5, 0.6) is 5.75 Å². The largest absolute Gasteiger partial charge is 0.494 e. The van der Waals surface area contributed by atoms with Crippen LogP contribution < -0.4 is 19.9 Å². The van der Waals surface area contributed by atoms with E-state index in [0.717, 1.165) is 37.5 Å². The number of nitrogens with zero attached hydrogens (tertiary/aromatic N) is 3. The molecule has 6 heteroatoms. The molecule has 1 saturated heterocycles. The minimum absolute atomic E-state index is 0.0389. The van der Waals surface area contributed by atoms with E-state index in [1.165, 1.54) is 16.9 Å². The summed E-state index contributed by atoms with van der Waals surface area (Å²) in [5.41, 5.74) is 4.66. The van der Waals surface area contributed by atoms with Gasteiger partial charge in [-0.05, 0) is 54.4 Å². The molecule has 1 N–H and O–H groups in total. The fourth-order valence-electron chi connectivity index (χ4n) is 4.71. The zero-order valence-electron chi connectivity index (χ0n) is 21.7. The summed E-state index contributed by atoms with van der Waals surface area (Å²) in [6, 6.07) is 27.2. The van der Waals surface area contributed by atoms with Crippen LogP contribution in [0.25, 0.3) is 0 Å². The Labute approximate surface area is 215 Å². The van der Waals surface area contributed by atoms with Crippen LogP contribution in [-0.4, -0.2) is 64.2 Å². The Morgan fingerprint density at radius 3 is 2.19 bits per heavy atom. The molecule has 1 fully saturated rings. The number of nitrogens with one attached hydrogen (secondary N) is 1. The summed E-state index contributed by atoms with van der Waals surface area (Å²) in [4.78, 5) is 19.9. The van der Waals surface area contributed by atoms with Crippen molar-refractivity contribution in [1.29, 1.82) is 0 Å². The number of ether oxygens (including phenoxy) is 1. The van der Waals surface area contributed by atoms with Gasteiger partial charge in [0, 0.05) is 58.2 Å². The molecule has 1 unspecified atom stereocenters. The first-order valence-electron chi connectivity index (χ1n) is 12.8. The highest BCUT2D eigenvalue weighted by atomic mass is 16.5. The van der Waals surface area contributed by atoms with Gasteiger partial charge in [0.25, 0.3) is 0 Å². The van der Waals surface area contributed by atoms with Crippen molar-refractivity contribution in [2.24, 2.45) is 0 Å². The Bertz CT molecular complexity index is 1080. The quantitative estimate of drug-likeness (QED) is 0.461. The van der Waals surface area contributed by atoms with Crippen LogP contribution in [0.3, 0.4) is 0 Å². The van der Waals surface area contributed by atoms with E-state index in [0.29, 0.717) is 19.6 Å². The van der Waals surface area contributed by atoms with Crippen LogP contribution in [0.1, 0.15) is 24.1 Å². The van der Waals surface area contributed by atoms with Crippen molar-refractivity contribution in [3.05, 3.63) is 90.0 Å². The van der Waals surface area contributed by atoms with Gasteiger partial charge in [-0.25, -0.2) is 0 Å². The lowest BCUT2D eigenvalue weighted by atomic mass is 10.0. The zero-order chi connectivity index (χ0) is 25.3. The summed E-state index contributed by atoms with van der Waals surface area (Å²) in [5.74, 6) is 0.870. The maximum atomic E-state index is 12.8. The van der Waals surface area contributed by atoms with Crippen molar-refractivity contribution in [3.8, 4) is 5.75 Å². The molecule has 1 amide bonds. The maximum Gasteiger partial charge on any atom is 0.224 e. The van der Waals surface area contributed by atoms with Crippen molar-refractivity contribution in [1.82, 2.24) is 10.2 Å². The molecule has 1 aliphatic heterocycles. The van der Waals surface area contributed by atoms with E-state index in [4.69, 9.17) is 4.74 Å². The second-order valence-electron chi connectivity index (χ2n) is 9.42. The molecule has 1 heterocycles. The number of anilines is 2. The van der Waals surface area contributed by atoms with Crippen molar-refractivity contribution < 1.29 is 9.53 Å². The number of carbonyl (C=O) groups is 1. The highest BCUT2D eigenvalue weighted by Gasteiger charge is 2.26. The molecule has 36 heavy (non-hydrogen) atoms. The summed E-state index contributed by atoms with van der Waals surface area (Å²) in [7, 11) is 4.10. The zero-order valence-corrected chi connectivity index (χ0v) is 21.7. The van der Waals surface area contributed by atoms with Gasteiger partial charge in [0.1, 0.15) is 5.75 Å². The van der Waals surface area contributed by atoms with E-state index >= 15 is 0 Å². The third-order valence-corrected chi connectivity index (χ3v) is 6.76. The van der Waals surface area contributed by atoms with Crippen molar-refractivity contribution in [2.75, 3.05) is 63.2 Å². The van der Waals surface area contributed by atoms with E-state index in [1.807, 2.05) is 31.2 Å². The summed E-state index contributed by atoms with van der Waals surface area (Å²) >= 11 is 0. The van der Waals surface area contributed by atoms with E-state index in [9.17, 15) is 4.79 Å². The van der Waals surface area contributed by atoms with Gasteiger partial charge in [-0.15, -0.1) is 0 Å². The van der Waals surface area contributed by atoms with Gasteiger partial charge in [0.05, 0.1) is 19.1 Å². The van der Waals surface area contributed by atoms with Crippen LogP contribution in [0.2, 0.25) is 0 Å². The number of hydrogen-bond acceptors (Lipinski definition) is 5. The molecular weight excluding hydrogens is 448 g/mol. The fourth-order valence-corrected chi connectivity index (χ4v) is 4.71. The normalized spacial score (nSPS) is 14.8.